The van der Waals surface area contributed by atoms with Crippen molar-refractivity contribution in [3.63, 3.8) is 0 Å². The molecule has 1 aliphatic rings. The standard InChI is InChI=1S/C11H17F3N2O4/c1-7-4-16(5-8(7)9(17)18)10(19)15-2-3-20-6-11(12,13)14/h7-8H,2-6H2,1H3,(H,15,19)(H,17,18). The second-order valence-corrected chi connectivity index (χ2v) is 4.73. The number of nitrogens with one attached hydrogen (secondary N) is 1. The van der Waals surface area contributed by atoms with E-state index in [9.17, 15) is 22.8 Å². The molecule has 2 amide bonds. The molecule has 2 unspecified atom stereocenters. The van der Waals surface area contributed by atoms with Crippen LogP contribution in [0.4, 0.5) is 18.0 Å². The highest BCUT2D eigenvalue weighted by Crippen LogP contribution is 2.22. The van der Waals surface area contributed by atoms with E-state index in [0.29, 0.717) is 6.54 Å². The molecule has 0 saturated carbocycles. The zero-order chi connectivity index (χ0) is 15.3. The molecule has 0 aromatic heterocycles. The molecule has 0 radical (unpaired) electrons. The van der Waals surface area contributed by atoms with Crippen LogP contribution in [0.3, 0.4) is 0 Å². The van der Waals surface area contributed by atoms with Crippen LogP contribution in [-0.4, -0.2) is 61.0 Å². The Bertz CT molecular complexity index is 362. The number of carbonyl (C=O) groups is 2. The van der Waals surface area contributed by atoms with Crippen LogP contribution in [0.15, 0.2) is 0 Å². The van der Waals surface area contributed by atoms with Gasteiger partial charge in [-0.25, -0.2) is 4.79 Å². The summed E-state index contributed by atoms with van der Waals surface area (Å²) in [6.07, 6.45) is -4.39. The van der Waals surface area contributed by atoms with Gasteiger partial charge in [0.15, 0.2) is 0 Å². The molecule has 1 aliphatic heterocycles. The number of ether oxygens (including phenoxy) is 1. The zero-order valence-corrected chi connectivity index (χ0v) is 10.9. The van der Waals surface area contributed by atoms with Gasteiger partial charge >= 0.3 is 18.2 Å². The third-order valence-electron chi connectivity index (χ3n) is 3.01. The Hall–Kier alpha value is -1.51. The second kappa shape index (κ2) is 6.78. The van der Waals surface area contributed by atoms with Crippen LogP contribution in [0.2, 0.25) is 0 Å². The van der Waals surface area contributed by atoms with Crippen molar-refractivity contribution in [3.05, 3.63) is 0 Å². The maximum atomic E-state index is 11.8. The van der Waals surface area contributed by atoms with Gasteiger partial charge in [-0.2, -0.15) is 13.2 Å². The van der Waals surface area contributed by atoms with Gasteiger partial charge in [-0.15, -0.1) is 0 Å². The van der Waals surface area contributed by atoms with Crippen molar-refractivity contribution in [3.8, 4) is 0 Å². The number of alkyl halides is 3. The molecular weight excluding hydrogens is 281 g/mol. The summed E-state index contributed by atoms with van der Waals surface area (Å²) >= 11 is 0. The number of halogens is 3. The molecule has 20 heavy (non-hydrogen) atoms. The molecule has 9 heteroatoms. The Morgan fingerprint density at radius 2 is 2.05 bits per heavy atom. The lowest BCUT2D eigenvalue weighted by Gasteiger charge is -2.17. The first kappa shape index (κ1) is 16.5. The van der Waals surface area contributed by atoms with Crippen molar-refractivity contribution < 1.29 is 32.6 Å². The van der Waals surface area contributed by atoms with E-state index >= 15 is 0 Å². The van der Waals surface area contributed by atoms with Gasteiger partial charge in [0, 0.05) is 19.6 Å². The molecule has 116 valence electrons. The van der Waals surface area contributed by atoms with Crippen LogP contribution in [0.1, 0.15) is 6.92 Å². The molecular formula is C11H17F3N2O4. The summed E-state index contributed by atoms with van der Waals surface area (Å²) in [7, 11) is 0. The van der Waals surface area contributed by atoms with E-state index in [0.717, 1.165) is 0 Å². The lowest BCUT2D eigenvalue weighted by Crippen LogP contribution is -2.40. The maximum absolute atomic E-state index is 11.8. The average molecular weight is 298 g/mol. The number of rotatable bonds is 5. The second-order valence-electron chi connectivity index (χ2n) is 4.73. The van der Waals surface area contributed by atoms with E-state index < -0.39 is 30.7 Å². The van der Waals surface area contributed by atoms with Gasteiger partial charge < -0.3 is 20.1 Å². The number of hydrogen-bond acceptors (Lipinski definition) is 3. The first-order chi connectivity index (χ1) is 9.20. The fourth-order valence-electron chi connectivity index (χ4n) is 1.98. The van der Waals surface area contributed by atoms with Crippen LogP contribution in [0.25, 0.3) is 0 Å². The molecule has 0 aliphatic carbocycles. The van der Waals surface area contributed by atoms with E-state index in [2.05, 4.69) is 10.1 Å². The lowest BCUT2D eigenvalue weighted by molar-refractivity contribution is -0.173. The van der Waals surface area contributed by atoms with E-state index in [1.165, 1.54) is 4.90 Å². The highest BCUT2D eigenvalue weighted by atomic mass is 19.4. The fraction of sp³-hybridized carbons (Fsp3) is 0.818. The van der Waals surface area contributed by atoms with Gasteiger partial charge in [0.05, 0.1) is 12.5 Å². The number of aliphatic carboxylic acids is 1. The summed E-state index contributed by atoms with van der Waals surface area (Å²) in [5, 5.41) is 11.3. The van der Waals surface area contributed by atoms with Gasteiger partial charge in [0.1, 0.15) is 6.61 Å². The number of carbonyl (C=O) groups excluding carboxylic acids is 1. The van der Waals surface area contributed by atoms with Crippen molar-refractivity contribution in [2.45, 2.75) is 13.1 Å². The summed E-state index contributed by atoms with van der Waals surface area (Å²) in [5.74, 6) is -1.72. The normalized spacial score (nSPS) is 22.9. The Kier molecular flexibility index (Phi) is 5.61. The third-order valence-corrected chi connectivity index (χ3v) is 3.01. The van der Waals surface area contributed by atoms with Gasteiger partial charge in [0.2, 0.25) is 0 Å². The molecule has 0 aromatic carbocycles. The predicted molar refractivity (Wildman–Crippen MR) is 62.1 cm³/mol. The number of amides is 2. The highest BCUT2D eigenvalue weighted by molar-refractivity contribution is 5.77. The first-order valence-corrected chi connectivity index (χ1v) is 6.11. The van der Waals surface area contributed by atoms with Crippen molar-refractivity contribution >= 4 is 12.0 Å². The Labute approximate surface area is 113 Å². The van der Waals surface area contributed by atoms with E-state index in [1.807, 2.05) is 0 Å². The van der Waals surface area contributed by atoms with Crippen molar-refractivity contribution in [2.75, 3.05) is 32.8 Å². The molecule has 6 nitrogen and oxygen atoms in total. The quantitative estimate of drug-likeness (QED) is 0.740. The molecule has 1 heterocycles. The van der Waals surface area contributed by atoms with E-state index in [1.54, 1.807) is 6.92 Å². The first-order valence-electron chi connectivity index (χ1n) is 6.11. The van der Waals surface area contributed by atoms with Crippen molar-refractivity contribution in [2.24, 2.45) is 11.8 Å². The minimum atomic E-state index is -4.39. The van der Waals surface area contributed by atoms with Gasteiger partial charge in [-0.3, -0.25) is 4.79 Å². The molecule has 1 saturated heterocycles. The van der Waals surface area contributed by atoms with Gasteiger partial charge in [-0.05, 0) is 5.92 Å². The fourth-order valence-corrected chi connectivity index (χ4v) is 1.98. The average Bonchev–Trinajstić information content (AvgIpc) is 2.69. The van der Waals surface area contributed by atoms with Crippen LogP contribution < -0.4 is 5.32 Å². The van der Waals surface area contributed by atoms with E-state index in [-0.39, 0.29) is 25.6 Å². The SMILES string of the molecule is CC1CN(C(=O)NCCOCC(F)(F)F)CC1C(=O)O. The summed E-state index contributed by atoms with van der Waals surface area (Å²) in [5.41, 5.74) is 0. The topological polar surface area (TPSA) is 78.9 Å². The van der Waals surface area contributed by atoms with E-state index in [4.69, 9.17) is 5.11 Å². The summed E-state index contributed by atoms with van der Waals surface area (Å²) in [4.78, 5) is 23.9. The lowest BCUT2D eigenvalue weighted by atomic mass is 9.99. The van der Waals surface area contributed by atoms with Crippen molar-refractivity contribution in [1.29, 1.82) is 0 Å². The third kappa shape index (κ3) is 5.24. The smallest absolute Gasteiger partial charge is 0.411 e. The molecule has 1 rings (SSSR count). The molecule has 0 spiro atoms. The van der Waals surface area contributed by atoms with Crippen LogP contribution in [0, 0.1) is 11.8 Å². The molecule has 2 atom stereocenters. The summed E-state index contributed by atoms with van der Waals surface area (Å²) < 4.78 is 39.7. The Morgan fingerprint density at radius 3 is 2.55 bits per heavy atom. The maximum Gasteiger partial charge on any atom is 0.411 e. The number of nitrogens with zero attached hydrogens (tertiary/aromatic N) is 1. The summed E-state index contributed by atoms with van der Waals surface area (Å²) in [6, 6.07) is -0.490. The van der Waals surface area contributed by atoms with Crippen molar-refractivity contribution in [1.82, 2.24) is 10.2 Å². The highest BCUT2D eigenvalue weighted by Gasteiger charge is 2.36. The number of carboxylic acid groups (broad SMARTS) is 1. The van der Waals surface area contributed by atoms with Crippen LogP contribution in [-0.2, 0) is 9.53 Å². The number of hydrogen-bond donors (Lipinski definition) is 2. The largest absolute Gasteiger partial charge is 0.481 e. The minimum absolute atomic E-state index is 0.0580. The molecule has 2 N–H and O–H groups in total. The number of urea groups is 1. The summed E-state index contributed by atoms with van der Waals surface area (Å²) in [6.45, 7) is 0.482. The molecule has 1 fully saturated rings. The van der Waals surface area contributed by atoms with Crippen LogP contribution >= 0.6 is 0 Å². The van der Waals surface area contributed by atoms with Crippen LogP contribution in [0.5, 0.6) is 0 Å². The molecule has 0 aromatic rings. The monoisotopic (exact) mass is 298 g/mol. The van der Waals surface area contributed by atoms with Gasteiger partial charge in [-0.1, -0.05) is 6.92 Å². The van der Waals surface area contributed by atoms with Gasteiger partial charge in [0.25, 0.3) is 0 Å². The molecule has 0 bridgehead atoms. The minimum Gasteiger partial charge on any atom is -0.481 e. The number of carboxylic acids is 1. The Balaban J connectivity index is 2.22. The predicted octanol–water partition coefficient (Wildman–Crippen LogP) is 0.927. The zero-order valence-electron chi connectivity index (χ0n) is 10.9. The number of likely N-dealkylation sites (tertiary alicyclic amines) is 1. The Morgan fingerprint density at radius 1 is 1.40 bits per heavy atom.